The first kappa shape index (κ1) is 30.3. The summed E-state index contributed by atoms with van der Waals surface area (Å²) in [7, 11) is 3.47. The van der Waals surface area contributed by atoms with Gasteiger partial charge in [0.1, 0.15) is 5.60 Å². The first-order valence-corrected chi connectivity index (χ1v) is 14.5. The second kappa shape index (κ2) is 12.2. The molecule has 0 atom stereocenters. The monoisotopic (exact) mass is 618 g/mol. The number of aromatic nitrogens is 2. The molecule has 2 aromatic carbocycles. The summed E-state index contributed by atoms with van der Waals surface area (Å²) in [6, 6.07) is 16.9. The Morgan fingerprint density at radius 1 is 0.977 bits per heavy atom. The van der Waals surface area contributed by atoms with Crippen LogP contribution in [0.4, 0.5) is 10.5 Å². The number of rotatable bonds is 5. The maximum absolute atomic E-state index is 12.8. The Kier molecular flexibility index (Phi) is 8.62. The van der Waals surface area contributed by atoms with E-state index in [0.29, 0.717) is 64.0 Å². The molecule has 0 N–H and O–H groups in total. The predicted molar refractivity (Wildman–Crippen MR) is 170 cm³/mol. The molecule has 0 saturated carbocycles. The molecule has 0 fully saturated rings. The van der Waals surface area contributed by atoms with Crippen LogP contribution in [0, 0.1) is 0 Å². The predicted octanol–water partition coefficient (Wildman–Crippen LogP) is 7.79. The largest absolute Gasteiger partial charge is 0.480 e. The molecular formula is C33H32Cl2N4O4. The quantitative estimate of drug-likeness (QED) is 0.211. The van der Waals surface area contributed by atoms with Crippen molar-refractivity contribution in [1.29, 1.82) is 0 Å². The van der Waals surface area contributed by atoms with Gasteiger partial charge < -0.3 is 19.3 Å². The van der Waals surface area contributed by atoms with E-state index in [1.165, 1.54) is 7.11 Å². The highest BCUT2D eigenvalue weighted by molar-refractivity contribution is 6.39. The Balaban J connectivity index is 1.50. The third-order valence-electron chi connectivity index (χ3n) is 7.15. The lowest BCUT2D eigenvalue weighted by atomic mass is 9.99. The van der Waals surface area contributed by atoms with Gasteiger partial charge in [-0.15, -0.1) is 0 Å². The van der Waals surface area contributed by atoms with E-state index in [1.807, 2.05) is 64.2 Å². The summed E-state index contributed by atoms with van der Waals surface area (Å²) >= 11 is 14.0. The fourth-order valence-electron chi connectivity index (χ4n) is 5.00. The lowest BCUT2D eigenvalue weighted by Crippen LogP contribution is -2.38. The molecule has 4 aromatic rings. The second-order valence-electron chi connectivity index (χ2n) is 11.3. The number of fused-ring (bicyclic) bond motifs is 1. The Morgan fingerprint density at radius 2 is 1.72 bits per heavy atom. The van der Waals surface area contributed by atoms with Crippen LogP contribution in [-0.4, -0.2) is 60.1 Å². The van der Waals surface area contributed by atoms with Crippen molar-refractivity contribution in [2.75, 3.05) is 32.1 Å². The van der Waals surface area contributed by atoms with Crippen molar-refractivity contribution in [3.8, 4) is 39.5 Å². The minimum atomic E-state index is -0.567. The van der Waals surface area contributed by atoms with Crippen molar-refractivity contribution in [3.05, 3.63) is 82.0 Å². The highest BCUT2D eigenvalue weighted by Gasteiger charge is 2.27. The van der Waals surface area contributed by atoms with Crippen molar-refractivity contribution in [1.82, 2.24) is 14.9 Å². The molecule has 3 heterocycles. The summed E-state index contributed by atoms with van der Waals surface area (Å²) in [6.07, 6.45) is 2.07. The van der Waals surface area contributed by atoms with Gasteiger partial charge in [-0.05, 0) is 50.6 Å². The number of nitrogens with zero attached hydrogens (tertiary/aromatic N) is 4. The smallest absolute Gasteiger partial charge is 0.410 e. The van der Waals surface area contributed by atoms with Crippen LogP contribution in [0.5, 0.6) is 5.88 Å². The molecule has 1 aliphatic rings. The summed E-state index contributed by atoms with van der Waals surface area (Å²) in [5, 5.41) is 0.911. The minimum Gasteiger partial charge on any atom is -0.480 e. The number of carbonyl (C=O) groups excluding carboxylic acids is 2. The number of carbonyl (C=O) groups is 2. The first-order chi connectivity index (χ1) is 20.5. The third kappa shape index (κ3) is 6.31. The number of hydrogen-bond acceptors (Lipinski definition) is 7. The zero-order valence-corrected chi connectivity index (χ0v) is 26.2. The molecule has 222 valence electrons. The molecule has 0 saturated heterocycles. The number of likely N-dealkylation sites (N-methyl/N-ethyl adjacent to an activating group) is 1. The molecule has 43 heavy (non-hydrogen) atoms. The molecule has 1 amide bonds. The van der Waals surface area contributed by atoms with Crippen LogP contribution in [-0.2, 0) is 11.3 Å². The van der Waals surface area contributed by atoms with Gasteiger partial charge in [-0.2, -0.15) is 0 Å². The Bertz CT molecular complexity index is 1700. The number of pyridine rings is 2. The van der Waals surface area contributed by atoms with Crippen molar-refractivity contribution in [2.45, 2.75) is 32.9 Å². The van der Waals surface area contributed by atoms with Gasteiger partial charge >= 0.3 is 6.09 Å². The Morgan fingerprint density at radius 3 is 2.44 bits per heavy atom. The molecule has 0 unspecified atom stereocenters. The molecule has 0 radical (unpaired) electrons. The topological polar surface area (TPSA) is 84.9 Å². The number of halogens is 2. The van der Waals surface area contributed by atoms with E-state index in [0.717, 1.165) is 22.4 Å². The third-order valence-corrected chi connectivity index (χ3v) is 7.94. The summed E-state index contributed by atoms with van der Waals surface area (Å²) in [5.41, 5.74) is 5.90. The van der Waals surface area contributed by atoms with Crippen LogP contribution in [0.2, 0.25) is 10.0 Å². The summed E-state index contributed by atoms with van der Waals surface area (Å²) in [5.74, 6) is 0.223. The van der Waals surface area contributed by atoms with Gasteiger partial charge in [-0.3, -0.25) is 9.78 Å². The van der Waals surface area contributed by atoms with E-state index < -0.39 is 5.60 Å². The van der Waals surface area contributed by atoms with E-state index in [4.69, 9.17) is 32.7 Å². The number of benzene rings is 2. The van der Waals surface area contributed by atoms with E-state index in [2.05, 4.69) is 20.9 Å². The number of amides is 1. The maximum atomic E-state index is 12.8. The van der Waals surface area contributed by atoms with Gasteiger partial charge in [0.25, 0.3) is 0 Å². The fraction of sp³-hybridized carbons (Fsp3) is 0.273. The molecule has 0 bridgehead atoms. The number of methoxy groups -OCH3 is 1. The van der Waals surface area contributed by atoms with Crippen LogP contribution < -0.4 is 9.64 Å². The van der Waals surface area contributed by atoms with E-state index in [-0.39, 0.29) is 12.0 Å². The number of aldehydes is 1. The Hall–Kier alpha value is -4.14. The minimum absolute atomic E-state index is 0.223. The van der Waals surface area contributed by atoms with Crippen LogP contribution in [0.25, 0.3) is 33.6 Å². The first-order valence-electron chi connectivity index (χ1n) is 13.8. The van der Waals surface area contributed by atoms with Crippen molar-refractivity contribution < 1.29 is 19.1 Å². The van der Waals surface area contributed by atoms with Crippen LogP contribution in [0.15, 0.2) is 60.8 Å². The highest BCUT2D eigenvalue weighted by Crippen LogP contribution is 2.42. The van der Waals surface area contributed by atoms with Crippen LogP contribution in [0.3, 0.4) is 0 Å². The maximum Gasteiger partial charge on any atom is 0.410 e. The second-order valence-corrected chi connectivity index (χ2v) is 12.0. The number of hydrogen-bond donors (Lipinski definition) is 0. The van der Waals surface area contributed by atoms with Gasteiger partial charge in [0.15, 0.2) is 6.29 Å². The lowest BCUT2D eigenvalue weighted by Gasteiger charge is -2.26. The molecule has 5 rings (SSSR count). The number of ether oxygens (including phenoxy) is 2. The molecule has 0 aliphatic carbocycles. The molecule has 8 nitrogen and oxygen atoms in total. The van der Waals surface area contributed by atoms with Gasteiger partial charge in [0.05, 0.1) is 40.7 Å². The standard InChI is InChI=1S/C33H32Cl2N4O4/c1-33(2,3)43-32(41)39-16-15-38(4)27-17-20(9-10-21(27)18-39)30-29(35)24(13-14-36-30)23-7-6-8-25(28(23)34)26-12-11-22(19-40)31(37-26)42-5/h6-14,17,19H,15-16,18H2,1-5H3. The molecule has 0 spiro atoms. The van der Waals surface area contributed by atoms with E-state index in [1.54, 1.807) is 23.2 Å². The van der Waals surface area contributed by atoms with Crippen LogP contribution >= 0.6 is 23.2 Å². The van der Waals surface area contributed by atoms with E-state index >= 15 is 0 Å². The van der Waals surface area contributed by atoms with Gasteiger partial charge in [-0.25, -0.2) is 9.78 Å². The zero-order valence-electron chi connectivity index (χ0n) is 24.6. The average Bonchev–Trinajstić information content (AvgIpc) is 3.15. The van der Waals surface area contributed by atoms with Crippen molar-refractivity contribution in [3.63, 3.8) is 0 Å². The SMILES string of the molecule is COc1nc(-c2cccc(-c3ccnc(-c4ccc5c(c4)N(C)CCN(C(=O)OC(C)(C)C)C5)c3Cl)c2Cl)ccc1C=O. The Labute approximate surface area is 261 Å². The lowest BCUT2D eigenvalue weighted by molar-refractivity contribution is 0.0243. The summed E-state index contributed by atoms with van der Waals surface area (Å²) < 4.78 is 10.9. The fourth-order valence-corrected chi connectivity index (χ4v) is 5.65. The zero-order chi connectivity index (χ0) is 30.9. The molecule has 1 aliphatic heterocycles. The summed E-state index contributed by atoms with van der Waals surface area (Å²) in [4.78, 5) is 37.1. The summed E-state index contributed by atoms with van der Waals surface area (Å²) in [6.45, 7) is 7.21. The van der Waals surface area contributed by atoms with Crippen molar-refractivity contribution >= 4 is 41.3 Å². The molecule has 2 aromatic heterocycles. The average molecular weight is 620 g/mol. The van der Waals surface area contributed by atoms with Gasteiger partial charge in [-0.1, -0.05) is 53.5 Å². The van der Waals surface area contributed by atoms with E-state index in [9.17, 15) is 9.59 Å². The molecular weight excluding hydrogens is 587 g/mol. The van der Waals surface area contributed by atoms with Gasteiger partial charge in [0, 0.05) is 54.3 Å². The van der Waals surface area contributed by atoms with Gasteiger partial charge in [0.2, 0.25) is 5.88 Å². The molecule has 10 heteroatoms. The van der Waals surface area contributed by atoms with Crippen molar-refractivity contribution in [2.24, 2.45) is 0 Å². The normalized spacial score (nSPS) is 13.3. The highest BCUT2D eigenvalue weighted by atomic mass is 35.5. The van der Waals surface area contributed by atoms with Crippen LogP contribution in [0.1, 0.15) is 36.7 Å². The number of anilines is 1.